The molecular formula is C10H8N2O3. The molecule has 1 aromatic carbocycles. The molecule has 5 nitrogen and oxygen atoms in total. The van der Waals surface area contributed by atoms with Crippen LogP contribution in [0.1, 0.15) is 0 Å². The first-order valence-corrected chi connectivity index (χ1v) is 4.29. The van der Waals surface area contributed by atoms with Crippen molar-refractivity contribution in [3.05, 3.63) is 40.6 Å². The van der Waals surface area contributed by atoms with Crippen LogP contribution in [0.5, 0.6) is 5.75 Å². The Balaban J connectivity index is 2.72. The van der Waals surface area contributed by atoms with Crippen molar-refractivity contribution in [1.82, 2.24) is 4.98 Å². The van der Waals surface area contributed by atoms with Gasteiger partial charge in [-0.1, -0.05) is 12.1 Å². The number of hydrogen-bond acceptors (Lipinski definition) is 4. The van der Waals surface area contributed by atoms with E-state index in [2.05, 4.69) is 4.98 Å². The van der Waals surface area contributed by atoms with E-state index in [0.29, 0.717) is 16.7 Å². The maximum atomic E-state index is 10.7. The number of non-ortho nitro benzene ring substituents is 1. The Hall–Kier alpha value is -2.17. The Morgan fingerprint density at radius 3 is 2.93 bits per heavy atom. The first-order chi connectivity index (χ1) is 7.22. The number of para-hydroxylation sites is 1. The van der Waals surface area contributed by atoms with Crippen LogP contribution in [0.3, 0.4) is 0 Å². The van der Waals surface area contributed by atoms with E-state index < -0.39 is 4.92 Å². The van der Waals surface area contributed by atoms with E-state index in [9.17, 15) is 10.1 Å². The molecule has 1 heterocycles. The first kappa shape index (κ1) is 9.39. The fourth-order valence-corrected chi connectivity index (χ4v) is 1.38. The molecule has 0 N–H and O–H groups in total. The number of nitro groups is 1. The fraction of sp³-hybridized carbons (Fsp3) is 0.100. The van der Waals surface area contributed by atoms with Gasteiger partial charge >= 0.3 is 0 Å². The van der Waals surface area contributed by atoms with Crippen molar-refractivity contribution in [2.45, 2.75) is 0 Å². The van der Waals surface area contributed by atoms with Gasteiger partial charge < -0.3 is 4.74 Å². The van der Waals surface area contributed by atoms with Gasteiger partial charge in [0, 0.05) is 11.5 Å². The van der Waals surface area contributed by atoms with Gasteiger partial charge in [0.25, 0.3) is 5.69 Å². The molecule has 0 unspecified atom stereocenters. The molecule has 15 heavy (non-hydrogen) atoms. The lowest BCUT2D eigenvalue weighted by Gasteiger charge is -2.01. The number of methoxy groups -OCH3 is 1. The zero-order valence-corrected chi connectivity index (χ0v) is 8.01. The fourth-order valence-electron chi connectivity index (χ4n) is 1.38. The number of benzene rings is 1. The summed E-state index contributed by atoms with van der Waals surface area (Å²) in [5.41, 5.74) is 0.387. The topological polar surface area (TPSA) is 65.3 Å². The summed E-state index contributed by atoms with van der Waals surface area (Å²) in [5.74, 6) is 0.586. The SMILES string of the molecule is COc1cnc2c([N+](=O)[O-])cccc2c1. The molecule has 0 bridgehead atoms. The molecule has 0 aliphatic rings. The zero-order valence-electron chi connectivity index (χ0n) is 8.01. The third-order valence-corrected chi connectivity index (χ3v) is 2.10. The molecule has 0 aliphatic carbocycles. The van der Waals surface area contributed by atoms with Crippen LogP contribution < -0.4 is 4.74 Å². The average Bonchev–Trinajstić information content (AvgIpc) is 2.27. The Bertz CT molecular complexity index is 525. The smallest absolute Gasteiger partial charge is 0.295 e. The van der Waals surface area contributed by atoms with Gasteiger partial charge in [0.2, 0.25) is 0 Å². The van der Waals surface area contributed by atoms with Crippen LogP contribution in [0, 0.1) is 10.1 Å². The predicted molar refractivity (Wildman–Crippen MR) is 54.9 cm³/mol. The van der Waals surface area contributed by atoms with Crippen LogP contribution in [0.4, 0.5) is 5.69 Å². The number of fused-ring (bicyclic) bond motifs is 1. The summed E-state index contributed by atoms with van der Waals surface area (Å²) in [6.45, 7) is 0. The van der Waals surface area contributed by atoms with Crippen LogP contribution in [0.2, 0.25) is 0 Å². The van der Waals surface area contributed by atoms with Crippen LogP contribution in [-0.4, -0.2) is 17.0 Å². The number of rotatable bonds is 2. The third kappa shape index (κ3) is 1.59. The molecule has 0 radical (unpaired) electrons. The van der Waals surface area contributed by atoms with E-state index in [0.717, 1.165) is 0 Å². The number of nitrogens with zero attached hydrogens (tertiary/aromatic N) is 2. The van der Waals surface area contributed by atoms with E-state index >= 15 is 0 Å². The highest BCUT2D eigenvalue weighted by Gasteiger charge is 2.12. The Labute approximate surface area is 85.5 Å². The van der Waals surface area contributed by atoms with Crippen molar-refractivity contribution >= 4 is 16.6 Å². The van der Waals surface area contributed by atoms with Gasteiger partial charge in [0.1, 0.15) is 11.3 Å². The highest BCUT2D eigenvalue weighted by atomic mass is 16.6. The quantitative estimate of drug-likeness (QED) is 0.555. The molecule has 0 fully saturated rings. The van der Waals surface area contributed by atoms with Gasteiger partial charge in [-0.2, -0.15) is 0 Å². The maximum absolute atomic E-state index is 10.7. The average molecular weight is 204 g/mol. The summed E-state index contributed by atoms with van der Waals surface area (Å²) in [6, 6.07) is 6.54. The van der Waals surface area contributed by atoms with Gasteiger partial charge in [-0.15, -0.1) is 0 Å². The molecule has 2 aromatic rings. The molecule has 0 spiro atoms. The van der Waals surface area contributed by atoms with E-state index in [1.165, 1.54) is 19.4 Å². The van der Waals surface area contributed by atoms with Crippen molar-refractivity contribution in [2.24, 2.45) is 0 Å². The van der Waals surface area contributed by atoms with E-state index in [1.54, 1.807) is 18.2 Å². The summed E-state index contributed by atoms with van der Waals surface area (Å²) in [6.07, 6.45) is 1.47. The Morgan fingerprint density at radius 1 is 1.47 bits per heavy atom. The highest BCUT2D eigenvalue weighted by Crippen LogP contribution is 2.25. The summed E-state index contributed by atoms with van der Waals surface area (Å²) in [5, 5.41) is 11.4. The highest BCUT2D eigenvalue weighted by molar-refractivity contribution is 5.87. The number of nitro benzene ring substituents is 1. The second kappa shape index (κ2) is 3.53. The molecule has 0 saturated carbocycles. The number of ether oxygens (including phenoxy) is 1. The molecule has 0 atom stereocenters. The lowest BCUT2D eigenvalue weighted by Crippen LogP contribution is -1.92. The molecule has 76 valence electrons. The standard InChI is InChI=1S/C10H8N2O3/c1-15-8-5-7-3-2-4-9(12(13)14)10(7)11-6-8/h2-6H,1H3. The van der Waals surface area contributed by atoms with E-state index in [-0.39, 0.29) is 5.69 Å². The van der Waals surface area contributed by atoms with E-state index in [4.69, 9.17) is 4.74 Å². The van der Waals surface area contributed by atoms with Gasteiger partial charge in [-0.25, -0.2) is 4.98 Å². The minimum absolute atomic E-state index is 0.00940. The van der Waals surface area contributed by atoms with Crippen LogP contribution in [0.25, 0.3) is 10.9 Å². The van der Waals surface area contributed by atoms with Crippen molar-refractivity contribution in [2.75, 3.05) is 7.11 Å². The minimum Gasteiger partial charge on any atom is -0.495 e. The first-order valence-electron chi connectivity index (χ1n) is 4.29. The number of aromatic nitrogens is 1. The van der Waals surface area contributed by atoms with Gasteiger partial charge in [0.15, 0.2) is 0 Å². The van der Waals surface area contributed by atoms with Crippen molar-refractivity contribution in [3.63, 3.8) is 0 Å². The normalized spacial score (nSPS) is 10.2. The minimum atomic E-state index is -0.443. The van der Waals surface area contributed by atoms with Gasteiger partial charge in [-0.05, 0) is 6.07 Å². The van der Waals surface area contributed by atoms with Crippen LogP contribution in [-0.2, 0) is 0 Å². The summed E-state index contributed by atoms with van der Waals surface area (Å²) < 4.78 is 4.99. The van der Waals surface area contributed by atoms with Gasteiger partial charge in [-0.3, -0.25) is 10.1 Å². The van der Waals surface area contributed by atoms with Crippen molar-refractivity contribution in [3.8, 4) is 5.75 Å². The second-order valence-corrected chi connectivity index (χ2v) is 2.98. The molecular weight excluding hydrogens is 196 g/mol. The van der Waals surface area contributed by atoms with Crippen molar-refractivity contribution < 1.29 is 9.66 Å². The second-order valence-electron chi connectivity index (χ2n) is 2.98. The lowest BCUT2D eigenvalue weighted by molar-refractivity contribution is -0.383. The van der Waals surface area contributed by atoms with Crippen LogP contribution >= 0.6 is 0 Å². The monoisotopic (exact) mass is 204 g/mol. The zero-order chi connectivity index (χ0) is 10.8. The molecule has 0 aliphatic heterocycles. The number of hydrogen-bond donors (Lipinski definition) is 0. The summed E-state index contributed by atoms with van der Waals surface area (Å²) in [7, 11) is 1.53. The predicted octanol–water partition coefficient (Wildman–Crippen LogP) is 2.15. The van der Waals surface area contributed by atoms with Crippen LogP contribution in [0.15, 0.2) is 30.5 Å². The number of pyridine rings is 1. The summed E-state index contributed by atoms with van der Waals surface area (Å²) >= 11 is 0. The third-order valence-electron chi connectivity index (χ3n) is 2.10. The lowest BCUT2D eigenvalue weighted by atomic mass is 10.2. The molecule has 5 heteroatoms. The maximum Gasteiger partial charge on any atom is 0.295 e. The Kier molecular flexibility index (Phi) is 2.21. The molecule has 1 aromatic heterocycles. The molecule has 0 saturated heterocycles. The van der Waals surface area contributed by atoms with E-state index in [1.807, 2.05) is 0 Å². The molecule has 0 amide bonds. The summed E-state index contributed by atoms with van der Waals surface area (Å²) in [4.78, 5) is 14.3. The Morgan fingerprint density at radius 2 is 2.27 bits per heavy atom. The molecule has 2 rings (SSSR count). The largest absolute Gasteiger partial charge is 0.495 e. The van der Waals surface area contributed by atoms with Crippen molar-refractivity contribution in [1.29, 1.82) is 0 Å². The van der Waals surface area contributed by atoms with Gasteiger partial charge in [0.05, 0.1) is 18.2 Å².